The van der Waals surface area contributed by atoms with Gasteiger partial charge in [-0.3, -0.25) is 0 Å². The lowest BCUT2D eigenvalue weighted by Crippen LogP contribution is -2.28. The molecule has 0 spiro atoms. The van der Waals surface area contributed by atoms with Crippen LogP contribution in [0.1, 0.15) is 23.7 Å². The molecule has 0 amide bonds. The SMILES string of the molecule is C[C@H](Cc1c[nH]c2ccccc12)NCc1nc(N)ccc1CO. The van der Waals surface area contributed by atoms with Gasteiger partial charge in [-0.1, -0.05) is 24.3 Å². The quantitative estimate of drug-likeness (QED) is 0.563. The Morgan fingerprint density at radius 3 is 2.87 bits per heavy atom. The first-order chi connectivity index (χ1) is 11.2. The minimum absolute atomic E-state index is 0.0267. The van der Waals surface area contributed by atoms with E-state index < -0.39 is 0 Å². The number of nitrogen functional groups attached to an aromatic ring is 1. The lowest BCUT2D eigenvalue weighted by Gasteiger charge is -2.15. The van der Waals surface area contributed by atoms with Crippen LogP contribution in [-0.4, -0.2) is 21.1 Å². The van der Waals surface area contributed by atoms with Crippen LogP contribution >= 0.6 is 0 Å². The third-order valence-corrected chi connectivity index (χ3v) is 4.08. The molecule has 1 aromatic carbocycles. The Morgan fingerprint density at radius 1 is 1.22 bits per heavy atom. The molecule has 5 N–H and O–H groups in total. The largest absolute Gasteiger partial charge is 0.392 e. The number of hydrogen-bond donors (Lipinski definition) is 4. The highest BCUT2D eigenvalue weighted by molar-refractivity contribution is 5.83. The number of pyridine rings is 1. The zero-order chi connectivity index (χ0) is 16.2. The molecule has 0 aliphatic rings. The van der Waals surface area contributed by atoms with Crippen LogP contribution in [0.5, 0.6) is 0 Å². The van der Waals surface area contributed by atoms with Crippen molar-refractivity contribution >= 4 is 16.7 Å². The third-order valence-electron chi connectivity index (χ3n) is 4.08. The molecular weight excluding hydrogens is 288 g/mol. The summed E-state index contributed by atoms with van der Waals surface area (Å²) in [7, 11) is 0. The molecule has 120 valence electrons. The number of H-pyrrole nitrogens is 1. The summed E-state index contributed by atoms with van der Waals surface area (Å²) in [5.74, 6) is 0.475. The van der Waals surface area contributed by atoms with Crippen molar-refractivity contribution < 1.29 is 5.11 Å². The second-order valence-electron chi connectivity index (χ2n) is 5.85. The summed E-state index contributed by atoms with van der Waals surface area (Å²) in [4.78, 5) is 7.62. The van der Waals surface area contributed by atoms with Gasteiger partial charge in [0.05, 0.1) is 12.3 Å². The molecule has 3 rings (SSSR count). The van der Waals surface area contributed by atoms with Gasteiger partial charge in [0.15, 0.2) is 0 Å². The number of nitrogens with zero attached hydrogens (tertiary/aromatic N) is 1. The third kappa shape index (κ3) is 3.52. The van der Waals surface area contributed by atoms with E-state index in [-0.39, 0.29) is 12.6 Å². The van der Waals surface area contributed by atoms with Gasteiger partial charge in [0.25, 0.3) is 0 Å². The molecule has 23 heavy (non-hydrogen) atoms. The highest BCUT2D eigenvalue weighted by atomic mass is 16.3. The number of benzene rings is 1. The van der Waals surface area contributed by atoms with Crippen LogP contribution in [0.3, 0.4) is 0 Å². The maximum Gasteiger partial charge on any atom is 0.123 e. The van der Waals surface area contributed by atoms with E-state index in [1.807, 2.05) is 12.1 Å². The fourth-order valence-electron chi connectivity index (χ4n) is 2.82. The minimum atomic E-state index is -0.0267. The number of aliphatic hydroxyl groups is 1. The Bertz CT molecular complexity index is 797. The number of aromatic amines is 1. The van der Waals surface area contributed by atoms with Gasteiger partial charge in [0, 0.05) is 35.2 Å². The average Bonchev–Trinajstić information content (AvgIpc) is 2.96. The lowest BCUT2D eigenvalue weighted by molar-refractivity contribution is 0.279. The number of fused-ring (bicyclic) bond motifs is 1. The minimum Gasteiger partial charge on any atom is -0.392 e. The van der Waals surface area contributed by atoms with Crippen molar-refractivity contribution in [2.24, 2.45) is 0 Å². The van der Waals surface area contributed by atoms with E-state index in [4.69, 9.17) is 5.73 Å². The molecular formula is C18H22N4O. The van der Waals surface area contributed by atoms with Gasteiger partial charge in [0.2, 0.25) is 0 Å². The van der Waals surface area contributed by atoms with E-state index in [9.17, 15) is 5.11 Å². The van der Waals surface area contributed by atoms with Crippen molar-refractivity contribution in [3.05, 3.63) is 59.4 Å². The summed E-state index contributed by atoms with van der Waals surface area (Å²) in [6.07, 6.45) is 2.99. The normalized spacial score (nSPS) is 12.6. The highest BCUT2D eigenvalue weighted by Crippen LogP contribution is 2.19. The van der Waals surface area contributed by atoms with E-state index in [0.717, 1.165) is 23.2 Å². The van der Waals surface area contributed by atoms with Crippen LogP contribution in [0.15, 0.2) is 42.6 Å². The molecule has 0 aliphatic heterocycles. The van der Waals surface area contributed by atoms with Gasteiger partial charge in [-0.15, -0.1) is 0 Å². The number of aliphatic hydroxyl groups excluding tert-OH is 1. The van der Waals surface area contributed by atoms with E-state index >= 15 is 0 Å². The molecule has 5 heteroatoms. The number of nitrogens with two attached hydrogens (primary N) is 1. The molecule has 2 heterocycles. The predicted octanol–water partition coefficient (Wildman–Crippen LogP) is 2.36. The van der Waals surface area contributed by atoms with Crippen molar-refractivity contribution in [3.63, 3.8) is 0 Å². The van der Waals surface area contributed by atoms with E-state index in [2.05, 4.69) is 46.6 Å². The summed E-state index contributed by atoms with van der Waals surface area (Å²) in [5, 5.41) is 14.1. The van der Waals surface area contributed by atoms with Crippen LogP contribution < -0.4 is 11.1 Å². The maximum atomic E-state index is 9.39. The number of nitrogens with one attached hydrogen (secondary N) is 2. The number of hydrogen-bond acceptors (Lipinski definition) is 4. The van der Waals surface area contributed by atoms with Gasteiger partial charge < -0.3 is 21.1 Å². The Labute approximate surface area is 135 Å². The molecule has 0 unspecified atom stereocenters. The Balaban J connectivity index is 1.66. The van der Waals surface area contributed by atoms with Crippen LogP contribution in [-0.2, 0) is 19.6 Å². The first-order valence-electron chi connectivity index (χ1n) is 7.81. The molecule has 0 aliphatic carbocycles. The van der Waals surface area contributed by atoms with Gasteiger partial charge in [-0.05, 0) is 31.0 Å². The van der Waals surface area contributed by atoms with Crippen LogP contribution in [0.2, 0.25) is 0 Å². The Kier molecular flexibility index (Phi) is 4.60. The van der Waals surface area contributed by atoms with Gasteiger partial charge in [0.1, 0.15) is 5.82 Å². The Hall–Kier alpha value is -2.37. The zero-order valence-electron chi connectivity index (χ0n) is 13.2. The molecule has 0 saturated heterocycles. The van der Waals surface area contributed by atoms with Gasteiger partial charge in [-0.25, -0.2) is 4.98 Å². The van der Waals surface area contributed by atoms with Gasteiger partial charge >= 0.3 is 0 Å². The zero-order valence-corrected chi connectivity index (χ0v) is 13.2. The van der Waals surface area contributed by atoms with Crippen molar-refractivity contribution in [2.75, 3.05) is 5.73 Å². The van der Waals surface area contributed by atoms with E-state index in [1.54, 1.807) is 6.07 Å². The van der Waals surface area contributed by atoms with Crippen LogP contribution in [0.25, 0.3) is 10.9 Å². The number of aromatic nitrogens is 2. The summed E-state index contributed by atoms with van der Waals surface area (Å²) >= 11 is 0. The van der Waals surface area contributed by atoms with Crippen molar-refractivity contribution in [1.29, 1.82) is 0 Å². The van der Waals surface area contributed by atoms with Gasteiger partial charge in [-0.2, -0.15) is 0 Å². The molecule has 3 aromatic rings. The van der Waals surface area contributed by atoms with Crippen LogP contribution in [0, 0.1) is 0 Å². The van der Waals surface area contributed by atoms with Crippen molar-refractivity contribution in [1.82, 2.24) is 15.3 Å². The Morgan fingerprint density at radius 2 is 2.04 bits per heavy atom. The lowest BCUT2D eigenvalue weighted by atomic mass is 10.1. The topological polar surface area (TPSA) is 87.0 Å². The molecule has 0 bridgehead atoms. The standard InChI is InChI=1S/C18H22N4O/c1-12(8-14-9-21-16-5-3-2-4-15(14)16)20-10-17-13(11-23)6-7-18(19)22-17/h2-7,9,12,20-21,23H,8,10-11H2,1H3,(H2,19,22)/t12-/m1/s1. The fourth-order valence-corrected chi connectivity index (χ4v) is 2.82. The first-order valence-corrected chi connectivity index (χ1v) is 7.81. The first kappa shape index (κ1) is 15.5. The summed E-state index contributed by atoms with van der Waals surface area (Å²) in [6.45, 7) is 2.71. The van der Waals surface area contributed by atoms with Crippen molar-refractivity contribution in [2.45, 2.75) is 32.5 Å². The highest BCUT2D eigenvalue weighted by Gasteiger charge is 2.10. The van der Waals surface area contributed by atoms with E-state index in [0.29, 0.717) is 12.4 Å². The predicted molar refractivity (Wildman–Crippen MR) is 92.9 cm³/mol. The van der Waals surface area contributed by atoms with E-state index in [1.165, 1.54) is 10.9 Å². The van der Waals surface area contributed by atoms with Crippen LogP contribution in [0.4, 0.5) is 5.82 Å². The number of para-hydroxylation sites is 1. The summed E-state index contributed by atoms with van der Waals surface area (Å²) in [6, 6.07) is 12.1. The molecule has 0 radical (unpaired) electrons. The molecule has 2 aromatic heterocycles. The maximum absolute atomic E-state index is 9.39. The number of anilines is 1. The molecule has 5 nitrogen and oxygen atoms in total. The molecule has 1 atom stereocenters. The molecule has 0 saturated carbocycles. The smallest absolute Gasteiger partial charge is 0.123 e. The number of rotatable bonds is 6. The second-order valence-corrected chi connectivity index (χ2v) is 5.85. The monoisotopic (exact) mass is 310 g/mol. The molecule has 0 fully saturated rings. The summed E-state index contributed by atoms with van der Waals surface area (Å²) in [5.41, 5.74) is 9.81. The second kappa shape index (κ2) is 6.81. The summed E-state index contributed by atoms with van der Waals surface area (Å²) < 4.78 is 0. The van der Waals surface area contributed by atoms with Crippen molar-refractivity contribution in [3.8, 4) is 0 Å². The average molecular weight is 310 g/mol. The fraction of sp³-hybridized carbons (Fsp3) is 0.278.